The molecule has 0 N–H and O–H groups in total. The number of aliphatic imine (C=N–C) groups is 2. The molecule has 0 saturated heterocycles. The van der Waals surface area contributed by atoms with Crippen molar-refractivity contribution in [2.75, 3.05) is 0 Å². The summed E-state index contributed by atoms with van der Waals surface area (Å²) in [6.07, 6.45) is 5.32. The number of hydrogen-bond acceptors (Lipinski definition) is 8. The summed E-state index contributed by atoms with van der Waals surface area (Å²) in [5, 5.41) is 0. The molecule has 0 amide bonds. The molecule has 0 aliphatic carbocycles. The molecule has 0 bridgehead atoms. The number of furan rings is 2. The minimum Gasteiger partial charge on any atom is -0.778 e. The van der Waals surface area contributed by atoms with Gasteiger partial charge >= 0.3 is 19.5 Å². The van der Waals surface area contributed by atoms with Crippen LogP contribution in [0.3, 0.4) is 0 Å². The van der Waals surface area contributed by atoms with Crippen molar-refractivity contribution in [2.24, 2.45) is 9.98 Å². The Balaban J connectivity index is 0.000000227. The first-order chi connectivity index (χ1) is 15.5. The number of carbonyl (C=O) groups excluding carboxylic acids is 2. The molecule has 0 fully saturated rings. The van der Waals surface area contributed by atoms with Gasteiger partial charge in [0.1, 0.15) is 0 Å². The molecule has 0 aliphatic heterocycles. The van der Waals surface area contributed by atoms with E-state index >= 15 is 0 Å². The quantitative estimate of drug-likeness (QED) is 0.142. The van der Waals surface area contributed by atoms with E-state index in [1.807, 2.05) is 24.3 Å². The van der Waals surface area contributed by atoms with Crippen molar-refractivity contribution in [3.8, 4) is 0 Å². The molecular weight excluding hydrogens is 510 g/mol. The fraction of sp³-hybridized carbons (Fsp3) is 0. The zero-order valence-electron chi connectivity index (χ0n) is 17.3. The van der Waals surface area contributed by atoms with Gasteiger partial charge in [-0.05, 0) is 36.4 Å². The van der Waals surface area contributed by atoms with Crippen LogP contribution in [-0.2, 0) is 44.7 Å². The minimum atomic E-state index is -0.275. The average Bonchev–Trinajstić information content (AvgIpc) is 3.53. The number of nitrogens with zero attached hydrogens (tertiary/aromatic N) is 2. The Morgan fingerprint density at radius 2 is 1.03 bits per heavy atom. The van der Waals surface area contributed by atoms with Crippen molar-refractivity contribution in [1.82, 2.24) is 0 Å². The molecule has 4 rings (SSSR count). The van der Waals surface area contributed by atoms with Crippen LogP contribution in [0.15, 0.2) is 114 Å². The largest absolute Gasteiger partial charge is 2.00 e. The Kier molecular flexibility index (Phi) is 10.5. The van der Waals surface area contributed by atoms with E-state index in [0.717, 1.165) is 0 Å². The molecule has 9 heteroatoms. The third kappa shape index (κ3) is 7.98. The number of ketones is 2. The van der Waals surface area contributed by atoms with Gasteiger partial charge in [-0.3, -0.25) is 19.6 Å². The van der Waals surface area contributed by atoms with Crippen molar-refractivity contribution in [1.29, 1.82) is 0 Å². The van der Waals surface area contributed by atoms with E-state index < -0.39 is 0 Å². The predicted octanol–water partition coefficient (Wildman–Crippen LogP) is 5.54. The Bertz CT molecular complexity index is 1140. The van der Waals surface area contributed by atoms with Crippen molar-refractivity contribution in [3.63, 3.8) is 0 Å². The SMILES string of the molecule is O=C(C=Nc1ccccc1[S-])c1ccco1.O=C(C=Nc1ccccc1[S-])c1ccco1.[Zn+2]. The van der Waals surface area contributed by atoms with Gasteiger partial charge in [-0.25, -0.2) is 0 Å². The van der Waals surface area contributed by atoms with Crippen LogP contribution in [0.4, 0.5) is 11.4 Å². The van der Waals surface area contributed by atoms with Crippen LogP contribution in [-0.4, -0.2) is 24.0 Å². The molecule has 2 aromatic carbocycles. The molecule has 0 unspecified atom stereocenters. The smallest absolute Gasteiger partial charge is 0.778 e. The van der Waals surface area contributed by atoms with Gasteiger partial charge in [0, 0.05) is 11.4 Å². The summed E-state index contributed by atoms with van der Waals surface area (Å²) in [7, 11) is 0. The molecule has 0 spiro atoms. The standard InChI is InChI=1S/2C12H9NO2S.Zn/c2*14-10(11-5-3-7-15-11)8-13-9-4-1-2-6-12(9)16;/h2*1-8,16H;/q;;+2/p-2. The fourth-order valence-electron chi connectivity index (χ4n) is 2.35. The number of benzene rings is 2. The van der Waals surface area contributed by atoms with Crippen LogP contribution in [0.25, 0.3) is 0 Å². The van der Waals surface area contributed by atoms with Crippen LogP contribution in [0.5, 0.6) is 0 Å². The summed E-state index contributed by atoms with van der Waals surface area (Å²) < 4.78 is 9.89. The second-order valence-electron chi connectivity index (χ2n) is 6.13. The van der Waals surface area contributed by atoms with Gasteiger partial charge in [-0.2, -0.15) is 0 Å². The molecule has 2 aromatic heterocycles. The normalized spacial score (nSPS) is 10.4. The third-order valence-corrected chi connectivity index (χ3v) is 4.59. The van der Waals surface area contributed by atoms with Gasteiger partial charge < -0.3 is 34.1 Å². The van der Waals surface area contributed by atoms with Crippen LogP contribution >= 0.6 is 0 Å². The predicted molar refractivity (Wildman–Crippen MR) is 127 cm³/mol. The maximum absolute atomic E-state index is 11.5. The van der Waals surface area contributed by atoms with Gasteiger partial charge in [-0.1, -0.05) is 36.4 Å². The van der Waals surface area contributed by atoms with E-state index in [4.69, 9.17) is 34.1 Å². The molecule has 0 saturated carbocycles. The summed E-state index contributed by atoms with van der Waals surface area (Å²) in [4.78, 5) is 32.3. The van der Waals surface area contributed by atoms with Crippen molar-refractivity contribution >= 4 is 60.6 Å². The number of hydrogen-bond donors (Lipinski definition) is 0. The van der Waals surface area contributed by atoms with Crippen LogP contribution < -0.4 is 0 Å². The number of rotatable bonds is 6. The summed E-state index contributed by atoms with van der Waals surface area (Å²) in [5.74, 6) is -0.0114. The van der Waals surface area contributed by atoms with Crippen LogP contribution in [0, 0.1) is 0 Å². The van der Waals surface area contributed by atoms with Crippen molar-refractivity contribution in [2.45, 2.75) is 9.79 Å². The van der Waals surface area contributed by atoms with E-state index in [0.29, 0.717) is 21.2 Å². The van der Waals surface area contributed by atoms with Gasteiger partial charge in [0.05, 0.1) is 25.0 Å². The summed E-state index contributed by atoms with van der Waals surface area (Å²) in [5.41, 5.74) is 1.22. The molecule has 33 heavy (non-hydrogen) atoms. The van der Waals surface area contributed by atoms with E-state index in [2.05, 4.69) is 9.98 Å². The second kappa shape index (κ2) is 13.3. The third-order valence-electron chi connectivity index (χ3n) is 3.90. The van der Waals surface area contributed by atoms with E-state index in [1.54, 1.807) is 48.5 Å². The van der Waals surface area contributed by atoms with Gasteiger partial charge in [0.15, 0.2) is 11.5 Å². The summed E-state index contributed by atoms with van der Waals surface area (Å²) >= 11 is 10.1. The molecule has 0 atom stereocenters. The van der Waals surface area contributed by atoms with Crippen molar-refractivity contribution in [3.05, 3.63) is 96.8 Å². The molecular formula is C24H16N2O4S2Zn. The van der Waals surface area contributed by atoms with Gasteiger partial charge in [-0.15, -0.1) is 9.79 Å². The Morgan fingerprint density at radius 3 is 1.36 bits per heavy atom. The maximum atomic E-state index is 11.5. The topological polar surface area (TPSA) is 85.1 Å². The number of Topliss-reactive ketones (excluding diaryl/α,β-unsaturated/α-hetero) is 2. The fourth-order valence-corrected chi connectivity index (χ4v) is 2.75. The zero-order valence-corrected chi connectivity index (χ0v) is 21.9. The van der Waals surface area contributed by atoms with Gasteiger partial charge in [0.2, 0.25) is 11.6 Å². The first kappa shape index (κ1) is 26.0. The first-order valence-corrected chi connectivity index (χ1v) is 10.1. The average molecular weight is 526 g/mol. The number of para-hydroxylation sites is 2. The maximum Gasteiger partial charge on any atom is 2.00 e. The molecule has 4 aromatic rings. The van der Waals surface area contributed by atoms with Gasteiger partial charge in [0.25, 0.3) is 0 Å². The van der Waals surface area contributed by atoms with E-state index in [9.17, 15) is 9.59 Å². The van der Waals surface area contributed by atoms with Crippen LogP contribution in [0.1, 0.15) is 21.1 Å². The molecule has 2 heterocycles. The van der Waals surface area contributed by atoms with E-state index in [1.165, 1.54) is 25.0 Å². The Morgan fingerprint density at radius 1 is 0.636 bits per heavy atom. The molecule has 0 radical (unpaired) electrons. The zero-order chi connectivity index (χ0) is 22.8. The molecule has 160 valence electrons. The monoisotopic (exact) mass is 524 g/mol. The number of carbonyl (C=O) groups is 2. The van der Waals surface area contributed by atoms with E-state index in [-0.39, 0.29) is 42.6 Å². The first-order valence-electron chi connectivity index (χ1n) is 9.30. The second-order valence-corrected chi connectivity index (χ2v) is 7.01. The van der Waals surface area contributed by atoms with Crippen molar-refractivity contribution < 1.29 is 37.9 Å². The Labute approximate surface area is 214 Å². The Hall–Kier alpha value is -3.26. The molecule has 6 nitrogen and oxygen atoms in total. The minimum absolute atomic E-state index is 0. The molecule has 0 aliphatic rings. The van der Waals surface area contributed by atoms with Crippen LogP contribution in [0.2, 0.25) is 0 Å². The summed E-state index contributed by atoms with van der Waals surface area (Å²) in [6.45, 7) is 0. The summed E-state index contributed by atoms with van der Waals surface area (Å²) in [6, 6.07) is 20.8.